The molecule has 25 heavy (non-hydrogen) atoms. The molecule has 1 aromatic heterocycles. The molecule has 1 aromatic rings. The summed E-state index contributed by atoms with van der Waals surface area (Å²) in [5.41, 5.74) is 0.0837. The lowest BCUT2D eigenvalue weighted by atomic mass is 9.92. The minimum Gasteiger partial charge on any atom is -0.357 e. The average molecular weight is 478 g/mol. The summed E-state index contributed by atoms with van der Waals surface area (Å²) in [6.07, 6.45) is 2.64. The van der Waals surface area contributed by atoms with Gasteiger partial charge in [0.1, 0.15) is 0 Å². The van der Waals surface area contributed by atoms with Gasteiger partial charge in [-0.3, -0.25) is 4.99 Å². The molecule has 1 saturated heterocycles. The van der Waals surface area contributed by atoms with E-state index >= 15 is 0 Å². The molecular formula is C19H35IN4S. The van der Waals surface area contributed by atoms with Crippen LogP contribution in [0, 0.1) is 5.92 Å². The third-order valence-corrected chi connectivity index (χ3v) is 6.01. The Bertz CT molecular complexity index is 502. The van der Waals surface area contributed by atoms with E-state index in [0.717, 1.165) is 31.5 Å². The highest BCUT2D eigenvalue weighted by molar-refractivity contribution is 14.0. The summed E-state index contributed by atoms with van der Waals surface area (Å²) >= 11 is 1.82. The Morgan fingerprint density at radius 2 is 2.16 bits per heavy atom. The Kier molecular flexibility index (Phi) is 10.3. The second-order valence-electron chi connectivity index (χ2n) is 7.34. The molecule has 1 atom stereocenters. The topological polar surface area (TPSA) is 39.7 Å². The van der Waals surface area contributed by atoms with Crippen LogP contribution in [0.15, 0.2) is 22.5 Å². The zero-order valence-electron chi connectivity index (χ0n) is 16.2. The van der Waals surface area contributed by atoms with Gasteiger partial charge in [0.25, 0.3) is 0 Å². The lowest BCUT2D eigenvalue weighted by Gasteiger charge is -2.32. The summed E-state index contributed by atoms with van der Waals surface area (Å²) in [5.74, 6) is 1.68. The molecule has 144 valence electrons. The van der Waals surface area contributed by atoms with Crippen LogP contribution in [-0.2, 0) is 5.41 Å². The van der Waals surface area contributed by atoms with Crippen LogP contribution >= 0.6 is 35.3 Å². The first-order valence-electron chi connectivity index (χ1n) is 9.33. The Labute approximate surface area is 174 Å². The van der Waals surface area contributed by atoms with Crippen LogP contribution in [0.2, 0.25) is 0 Å². The number of hydrogen-bond donors (Lipinski definition) is 2. The molecule has 0 radical (unpaired) electrons. The van der Waals surface area contributed by atoms with Crippen LogP contribution in [0.1, 0.15) is 45.4 Å². The van der Waals surface area contributed by atoms with Crippen molar-refractivity contribution >= 4 is 41.3 Å². The number of nitrogens with one attached hydrogen (secondary N) is 2. The zero-order valence-corrected chi connectivity index (χ0v) is 19.3. The number of piperidine rings is 1. The van der Waals surface area contributed by atoms with Crippen molar-refractivity contribution < 1.29 is 0 Å². The number of rotatable bonds is 7. The molecular weight excluding hydrogens is 443 g/mol. The second-order valence-corrected chi connectivity index (χ2v) is 8.29. The largest absolute Gasteiger partial charge is 0.357 e. The first kappa shape index (κ1) is 22.7. The highest BCUT2D eigenvalue weighted by Crippen LogP contribution is 2.27. The second kappa shape index (κ2) is 11.4. The summed E-state index contributed by atoms with van der Waals surface area (Å²) in [5, 5.41) is 9.11. The van der Waals surface area contributed by atoms with Crippen LogP contribution in [0.25, 0.3) is 0 Å². The van der Waals surface area contributed by atoms with E-state index in [4.69, 9.17) is 4.99 Å². The standard InChI is InChI=1S/C19H34N4S.HI/c1-5-20-18(21-13-16-9-7-11-23(6-2)14-16)22-15-19(3,4)17-10-8-12-24-17;/h8,10,12,16H,5-7,9,11,13-15H2,1-4H3,(H2,20,21,22);1H. The van der Waals surface area contributed by atoms with Crippen molar-refractivity contribution in [1.82, 2.24) is 15.5 Å². The van der Waals surface area contributed by atoms with Gasteiger partial charge in [-0.15, -0.1) is 35.3 Å². The molecule has 6 heteroatoms. The Morgan fingerprint density at radius 3 is 2.80 bits per heavy atom. The van der Waals surface area contributed by atoms with Crippen LogP contribution in [0.5, 0.6) is 0 Å². The molecule has 0 amide bonds. The molecule has 0 saturated carbocycles. The molecule has 1 aliphatic heterocycles. The van der Waals surface area contributed by atoms with Crippen molar-refractivity contribution in [3.8, 4) is 0 Å². The van der Waals surface area contributed by atoms with Crippen molar-refractivity contribution in [2.45, 2.75) is 46.0 Å². The minimum atomic E-state index is 0. The number of thiophene rings is 1. The Hall–Kier alpha value is -0.340. The summed E-state index contributed by atoms with van der Waals surface area (Å²) < 4.78 is 0. The zero-order chi connectivity index (χ0) is 17.4. The predicted molar refractivity (Wildman–Crippen MR) is 122 cm³/mol. The number of guanidine groups is 1. The van der Waals surface area contributed by atoms with E-state index in [0.29, 0.717) is 0 Å². The Morgan fingerprint density at radius 1 is 1.36 bits per heavy atom. The molecule has 2 N–H and O–H groups in total. The van der Waals surface area contributed by atoms with E-state index < -0.39 is 0 Å². The van der Waals surface area contributed by atoms with Gasteiger partial charge in [0.15, 0.2) is 5.96 Å². The van der Waals surface area contributed by atoms with Crippen LogP contribution in [0.4, 0.5) is 0 Å². The van der Waals surface area contributed by atoms with E-state index in [-0.39, 0.29) is 29.4 Å². The smallest absolute Gasteiger partial charge is 0.191 e. The maximum Gasteiger partial charge on any atom is 0.191 e. The number of likely N-dealkylation sites (tertiary alicyclic amines) is 1. The number of aliphatic imine (C=N–C) groups is 1. The van der Waals surface area contributed by atoms with Gasteiger partial charge in [-0.1, -0.05) is 26.8 Å². The molecule has 0 spiro atoms. The molecule has 1 unspecified atom stereocenters. The van der Waals surface area contributed by atoms with Crippen LogP contribution in [-0.4, -0.2) is 50.1 Å². The maximum absolute atomic E-state index is 4.85. The number of halogens is 1. The van der Waals surface area contributed by atoms with E-state index in [1.807, 2.05) is 11.3 Å². The van der Waals surface area contributed by atoms with Gasteiger partial charge in [-0.25, -0.2) is 0 Å². The van der Waals surface area contributed by atoms with Gasteiger partial charge in [0, 0.05) is 29.9 Å². The van der Waals surface area contributed by atoms with Crippen molar-refractivity contribution in [1.29, 1.82) is 0 Å². The van der Waals surface area contributed by atoms with Crippen molar-refractivity contribution in [3.05, 3.63) is 22.4 Å². The van der Waals surface area contributed by atoms with Crippen LogP contribution < -0.4 is 10.6 Å². The molecule has 4 nitrogen and oxygen atoms in total. The molecule has 0 bridgehead atoms. The molecule has 2 heterocycles. The third-order valence-electron chi connectivity index (χ3n) is 4.77. The first-order chi connectivity index (χ1) is 11.5. The summed E-state index contributed by atoms with van der Waals surface area (Å²) in [6.45, 7) is 15.3. The van der Waals surface area contributed by atoms with Gasteiger partial charge in [-0.05, 0) is 50.2 Å². The molecule has 1 aliphatic rings. The van der Waals surface area contributed by atoms with Crippen molar-refractivity contribution in [2.24, 2.45) is 10.9 Å². The molecule has 1 fully saturated rings. The van der Waals surface area contributed by atoms with E-state index in [1.54, 1.807) is 0 Å². The fourth-order valence-electron chi connectivity index (χ4n) is 3.21. The van der Waals surface area contributed by atoms with Crippen LogP contribution in [0.3, 0.4) is 0 Å². The number of hydrogen-bond acceptors (Lipinski definition) is 3. The van der Waals surface area contributed by atoms with Crippen molar-refractivity contribution in [2.75, 3.05) is 39.3 Å². The van der Waals surface area contributed by atoms with Gasteiger partial charge in [0.2, 0.25) is 0 Å². The predicted octanol–water partition coefficient (Wildman–Crippen LogP) is 3.93. The molecule has 0 aliphatic carbocycles. The highest BCUT2D eigenvalue weighted by atomic mass is 127. The fraction of sp³-hybridized carbons (Fsp3) is 0.737. The summed E-state index contributed by atoms with van der Waals surface area (Å²) in [6, 6.07) is 4.33. The lowest BCUT2D eigenvalue weighted by Crippen LogP contribution is -2.44. The van der Waals surface area contributed by atoms with Gasteiger partial charge >= 0.3 is 0 Å². The SMILES string of the molecule is CCNC(=NCC(C)(C)c1cccs1)NCC1CCCN(CC)C1.I. The van der Waals surface area contributed by atoms with E-state index in [2.05, 4.69) is 60.7 Å². The molecule has 2 rings (SSSR count). The number of nitrogens with zero attached hydrogens (tertiary/aromatic N) is 2. The quantitative estimate of drug-likeness (QED) is 0.355. The lowest BCUT2D eigenvalue weighted by molar-refractivity contribution is 0.183. The average Bonchev–Trinajstić information content (AvgIpc) is 3.13. The maximum atomic E-state index is 4.85. The summed E-state index contributed by atoms with van der Waals surface area (Å²) in [7, 11) is 0. The first-order valence-corrected chi connectivity index (χ1v) is 10.2. The van der Waals surface area contributed by atoms with Gasteiger partial charge < -0.3 is 15.5 Å². The molecule has 0 aromatic carbocycles. The van der Waals surface area contributed by atoms with E-state index in [1.165, 1.54) is 37.4 Å². The monoisotopic (exact) mass is 478 g/mol. The summed E-state index contributed by atoms with van der Waals surface area (Å²) in [4.78, 5) is 8.80. The van der Waals surface area contributed by atoms with Gasteiger partial charge in [0.05, 0.1) is 6.54 Å². The fourth-order valence-corrected chi connectivity index (χ4v) is 4.05. The van der Waals surface area contributed by atoms with Gasteiger partial charge in [-0.2, -0.15) is 0 Å². The minimum absolute atomic E-state index is 0. The third kappa shape index (κ3) is 7.43. The Balaban J connectivity index is 0.00000312. The normalized spacial score (nSPS) is 19.4. The highest BCUT2D eigenvalue weighted by Gasteiger charge is 2.22. The van der Waals surface area contributed by atoms with E-state index in [9.17, 15) is 0 Å². The van der Waals surface area contributed by atoms with Crippen molar-refractivity contribution in [3.63, 3.8) is 0 Å².